The molecule has 2 aromatic rings. The molecule has 110 valence electrons. The molecule has 0 aliphatic carbocycles. The lowest BCUT2D eigenvalue weighted by atomic mass is 10.2. The molecule has 0 aromatic heterocycles. The maximum atomic E-state index is 10.6. The average molecular weight is 345 g/mol. The maximum Gasteiger partial charge on any atom is 0.268 e. The van der Waals surface area contributed by atoms with Gasteiger partial charge in [-0.15, -0.1) is 0 Å². The van der Waals surface area contributed by atoms with E-state index in [1.165, 1.54) is 0 Å². The van der Waals surface area contributed by atoms with E-state index in [-0.39, 0.29) is 0 Å². The summed E-state index contributed by atoms with van der Waals surface area (Å²) in [7, 11) is -4.72. The van der Waals surface area contributed by atoms with Gasteiger partial charge >= 0.3 is 0 Å². The standard InChI is InChI=1S/C12H9ClN2O4S2/c16-13(17,18)19-21-15-11-8-10(6-7-12(11)20-21)14-9-4-2-1-3-5-9/h1-8,14H. The van der Waals surface area contributed by atoms with E-state index in [0.717, 1.165) is 27.1 Å². The van der Waals surface area contributed by atoms with Gasteiger partial charge in [-0.05, 0) is 30.3 Å². The van der Waals surface area contributed by atoms with Crippen molar-refractivity contribution in [2.24, 2.45) is 4.36 Å². The van der Waals surface area contributed by atoms with Gasteiger partial charge in [-0.2, -0.15) is 18.3 Å². The zero-order chi connectivity index (χ0) is 14.9. The van der Waals surface area contributed by atoms with Crippen LogP contribution in [0.5, 0.6) is 0 Å². The molecule has 0 saturated carbocycles. The Bertz CT molecular complexity index is 691. The Morgan fingerprint density at radius 2 is 1.81 bits per heavy atom. The summed E-state index contributed by atoms with van der Waals surface area (Å²) in [5.74, 6) is 0. The van der Waals surface area contributed by atoms with Crippen LogP contribution in [0.25, 0.3) is 0 Å². The van der Waals surface area contributed by atoms with E-state index in [4.69, 9.17) is 0 Å². The van der Waals surface area contributed by atoms with Crippen molar-refractivity contribution in [1.82, 2.24) is 0 Å². The summed E-state index contributed by atoms with van der Waals surface area (Å²) in [6.07, 6.45) is 0. The molecule has 3 rings (SSSR count). The Balaban J connectivity index is 1.78. The molecule has 0 saturated heterocycles. The van der Waals surface area contributed by atoms with Crippen LogP contribution in [0.15, 0.2) is 57.8 Å². The molecule has 1 aliphatic rings. The number of rotatable bonds is 4. The third kappa shape index (κ3) is 3.95. The SMILES string of the molecule is [O-][Cl+3]([O-])([O-])OS1=Nc2cc(Nc3ccccc3)ccc2S1. The predicted molar refractivity (Wildman–Crippen MR) is 72.6 cm³/mol. The molecular weight excluding hydrogens is 336 g/mol. The Kier molecular flexibility index (Phi) is 4.18. The van der Waals surface area contributed by atoms with E-state index in [9.17, 15) is 14.0 Å². The molecule has 0 radical (unpaired) electrons. The van der Waals surface area contributed by atoms with E-state index in [0.29, 0.717) is 5.69 Å². The van der Waals surface area contributed by atoms with Gasteiger partial charge in [-0.3, -0.25) is 0 Å². The minimum absolute atomic E-state index is 0.600. The van der Waals surface area contributed by atoms with Gasteiger partial charge in [-0.25, -0.2) is 0 Å². The molecule has 1 N–H and O–H groups in total. The number of benzene rings is 2. The maximum absolute atomic E-state index is 10.6. The van der Waals surface area contributed by atoms with Crippen molar-refractivity contribution in [3.63, 3.8) is 0 Å². The molecule has 0 amide bonds. The average Bonchev–Trinajstić information content (AvgIpc) is 2.79. The summed E-state index contributed by atoms with van der Waals surface area (Å²) in [4.78, 5) is 0.774. The number of anilines is 2. The minimum Gasteiger partial charge on any atom is -0.355 e. The molecule has 1 atom stereocenters. The fraction of sp³-hybridized carbons (Fsp3) is 0. The molecule has 1 unspecified atom stereocenters. The fourth-order valence-corrected chi connectivity index (χ4v) is 5.35. The van der Waals surface area contributed by atoms with Crippen LogP contribution in [0.1, 0.15) is 0 Å². The van der Waals surface area contributed by atoms with Crippen LogP contribution in [-0.2, 0) is 13.7 Å². The second-order valence-corrected chi connectivity index (χ2v) is 7.84. The van der Waals surface area contributed by atoms with Gasteiger partial charge in [0.25, 0.3) is 10.0 Å². The van der Waals surface area contributed by atoms with Crippen LogP contribution in [0.2, 0.25) is 0 Å². The highest BCUT2D eigenvalue weighted by atomic mass is 35.7. The zero-order valence-electron chi connectivity index (χ0n) is 10.4. The Hall–Kier alpha value is -1.13. The van der Waals surface area contributed by atoms with E-state index in [2.05, 4.69) is 13.4 Å². The lowest BCUT2D eigenvalue weighted by molar-refractivity contribution is -1.91. The monoisotopic (exact) mass is 344 g/mol. The Morgan fingerprint density at radius 1 is 1.05 bits per heavy atom. The third-order valence-electron chi connectivity index (χ3n) is 2.49. The molecule has 1 aliphatic heterocycles. The van der Waals surface area contributed by atoms with Crippen LogP contribution in [-0.4, -0.2) is 0 Å². The summed E-state index contributed by atoms with van der Waals surface area (Å²) in [5, 5.41) is 3.21. The number of fused-ring (bicyclic) bond motifs is 1. The van der Waals surface area contributed by atoms with E-state index in [1.807, 2.05) is 36.4 Å². The van der Waals surface area contributed by atoms with Gasteiger partial charge in [-0.1, -0.05) is 18.2 Å². The number of hydrogen-bond acceptors (Lipinski definition) is 7. The van der Waals surface area contributed by atoms with Gasteiger partial charge in [0.15, 0.2) is 3.74 Å². The summed E-state index contributed by atoms with van der Waals surface area (Å²) < 4.78 is 40.1. The molecule has 1 heterocycles. The van der Waals surface area contributed by atoms with E-state index < -0.39 is 20.2 Å². The van der Waals surface area contributed by atoms with Gasteiger partial charge in [0, 0.05) is 27.1 Å². The second kappa shape index (κ2) is 5.93. The first-order valence-corrected chi connectivity index (χ1v) is 9.38. The summed E-state index contributed by atoms with van der Waals surface area (Å²) in [6.45, 7) is 0. The van der Waals surface area contributed by atoms with Crippen molar-refractivity contribution in [3.05, 3.63) is 48.5 Å². The van der Waals surface area contributed by atoms with Gasteiger partial charge in [0.05, 0.1) is 15.9 Å². The highest BCUT2D eigenvalue weighted by molar-refractivity contribution is 8.68. The van der Waals surface area contributed by atoms with Crippen LogP contribution < -0.4 is 19.3 Å². The lowest BCUT2D eigenvalue weighted by Crippen LogP contribution is -2.60. The summed E-state index contributed by atoms with van der Waals surface area (Å²) in [5.41, 5.74) is 2.35. The first-order chi connectivity index (χ1) is 9.99. The highest BCUT2D eigenvalue weighted by Gasteiger charge is 2.29. The van der Waals surface area contributed by atoms with Crippen LogP contribution in [0, 0.1) is 10.2 Å². The van der Waals surface area contributed by atoms with Gasteiger partial charge in [0.2, 0.25) is 0 Å². The first-order valence-electron chi connectivity index (χ1n) is 5.71. The van der Waals surface area contributed by atoms with Crippen molar-refractivity contribution < 1.29 is 28.0 Å². The van der Waals surface area contributed by atoms with E-state index >= 15 is 0 Å². The first kappa shape index (κ1) is 14.8. The number of para-hydroxylation sites is 1. The van der Waals surface area contributed by atoms with Crippen LogP contribution in [0.4, 0.5) is 17.1 Å². The van der Waals surface area contributed by atoms with Gasteiger partial charge < -0.3 is 5.32 Å². The number of nitrogens with one attached hydrogen (secondary N) is 1. The zero-order valence-corrected chi connectivity index (χ0v) is 12.8. The van der Waals surface area contributed by atoms with Gasteiger partial charge in [0.1, 0.15) is 0 Å². The molecule has 21 heavy (non-hydrogen) atoms. The van der Waals surface area contributed by atoms with E-state index in [1.54, 1.807) is 12.1 Å². The third-order valence-corrected chi connectivity index (χ3v) is 6.20. The number of hydrogen-bond donors (Lipinski definition) is 1. The summed E-state index contributed by atoms with van der Waals surface area (Å²) >= 11 is 0. The molecule has 0 fully saturated rings. The normalized spacial score (nSPS) is 17.2. The molecule has 0 spiro atoms. The molecule has 9 heteroatoms. The molecule has 6 nitrogen and oxygen atoms in total. The lowest BCUT2D eigenvalue weighted by Gasteiger charge is -2.10. The molecular formula is C12H9ClN2O4S2. The van der Waals surface area contributed by atoms with Crippen molar-refractivity contribution in [2.75, 3.05) is 5.32 Å². The quantitative estimate of drug-likeness (QED) is 0.819. The fourth-order valence-electron chi connectivity index (χ4n) is 1.69. The Morgan fingerprint density at radius 3 is 2.52 bits per heavy atom. The van der Waals surface area contributed by atoms with Crippen LogP contribution >= 0.6 is 10.8 Å². The van der Waals surface area contributed by atoms with Crippen molar-refractivity contribution >= 4 is 37.9 Å². The second-order valence-electron chi connectivity index (χ2n) is 4.01. The summed E-state index contributed by atoms with van der Waals surface area (Å²) in [6, 6.07) is 15.0. The molecule has 2 aromatic carbocycles. The van der Waals surface area contributed by atoms with Crippen molar-refractivity contribution in [1.29, 1.82) is 0 Å². The van der Waals surface area contributed by atoms with Crippen LogP contribution in [0.3, 0.4) is 0 Å². The smallest absolute Gasteiger partial charge is 0.268 e. The van der Waals surface area contributed by atoms with Crippen molar-refractivity contribution in [2.45, 2.75) is 4.90 Å². The highest BCUT2D eigenvalue weighted by Crippen LogP contribution is 2.43. The number of nitrogens with zero attached hydrogens (tertiary/aromatic N) is 1. The molecule has 0 bridgehead atoms. The largest absolute Gasteiger partial charge is 0.355 e. The topological polar surface area (TPSA) is 103 Å². The number of halogens is 1. The predicted octanol–water partition coefficient (Wildman–Crippen LogP) is 0.713. The Labute approximate surface area is 129 Å². The van der Waals surface area contributed by atoms with Crippen molar-refractivity contribution in [3.8, 4) is 0 Å². The minimum atomic E-state index is -4.48.